The van der Waals surface area contributed by atoms with E-state index in [-0.39, 0.29) is 5.69 Å². The molecule has 190 valence electrons. The number of aromatic nitrogens is 4. The van der Waals surface area contributed by atoms with Crippen LogP contribution in [0, 0.1) is 10.1 Å². The minimum Gasteiger partial charge on any atom is -0.364 e. The van der Waals surface area contributed by atoms with Crippen LogP contribution in [0.1, 0.15) is 0 Å². The highest BCUT2D eigenvalue weighted by atomic mass is 16.6. The van der Waals surface area contributed by atoms with Gasteiger partial charge in [-0.1, -0.05) is 12.2 Å². The van der Waals surface area contributed by atoms with Crippen LogP contribution >= 0.6 is 0 Å². The summed E-state index contributed by atoms with van der Waals surface area (Å²) in [6, 6.07) is 22.5. The van der Waals surface area contributed by atoms with Crippen LogP contribution in [0.15, 0.2) is 111 Å². The van der Waals surface area contributed by atoms with Crippen LogP contribution in [0.5, 0.6) is 0 Å². The predicted octanol–water partition coefficient (Wildman–Crippen LogP) is 6.88. The van der Waals surface area contributed by atoms with Crippen molar-refractivity contribution in [3.63, 3.8) is 0 Å². The summed E-state index contributed by atoms with van der Waals surface area (Å²) >= 11 is 0. The van der Waals surface area contributed by atoms with Crippen molar-refractivity contribution in [3.8, 4) is 17.1 Å². The number of nitro groups is 1. The van der Waals surface area contributed by atoms with Gasteiger partial charge in [0.05, 0.1) is 27.0 Å². The van der Waals surface area contributed by atoms with E-state index in [1.54, 1.807) is 24.5 Å². The van der Waals surface area contributed by atoms with E-state index in [2.05, 4.69) is 44.7 Å². The lowest BCUT2D eigenvalue weighted by Crippen LogP contribution is -2.22. The standard InChI is InChI=1S/C31H24N6O2/c1-3-19-35(20-4-2)22-11-9-21(10-12-22)31-34-29-25-7-5-17-32-27(25)28-26(8-6-18-33-28)30(29)36(31)23-13-15-24(16-14-23)37(38)39/h3-18H,1-2,19-20H2. The molecule has 3 aromatic carbocycles. The second-order valence-corrected chi connectivity index (χ2v) is 9.07. The first-order valence-corrected chi connectivity index (χ1v) is 12.5. The van der Waals surface area contributed by atoms with Crippen molar-refractivity contribution >= 4 is 44.2 Å². The van der Waals surface area contributed by atoms with Crippen molar-refractivity contribution in [1.82, 2.24) is 19.5 Å². The van der Waals surface area contributed by atoms with Gasteiger partial charge >= 0.3 is 0 Å². The van der Waals surface area contributed by atoms with Gasteiger partial charge in [0.1, 0.15) is 5.82 Å². The molecule has 0 amide bonds. The Labute approximate surface area is 224 Å². The highest BCUT2D eigenvalue weighted by Crippen LogP contribution is 2.38. The fraction of sp³-hybridized carbons (Fsp3) is 0.0645. The summed E-state index contributed by atoms with van der Waals surface area (Å²) in [5.74, 6) is 0.714. The molecular formula is C31H24N6O2. The first kappa shape index (κ1) is 24.0. The van der Waals surface area contributed by atoms with Gasteiger partial charge in [-0.15, -0.1) is 13.2 Å². The molecule has 0 atom stereocenters. The third kappa shape index (κ3) is 4.08. The second-order valence-electron chi connectivity index (χ2n) is 9.07. The molecule has 0 bridgehead atoms. The molecule has 3 heterocycles. The highest BCUT2D eigenvalue weighted by Gasteiger charge is 2.21. The van der Waals surface area contributed by atoms with E-state index in [1.807, 2.05) is 48.6 Å². The summed E-state index contributed by atoms with van der Waals surface area (Å²) < 4.78 is 2.05. The lowest BCUT2D eigenvalue weighted by Gasteiger charge is -2.21. The summed E-state index contributed by atoms with van der Waals surface area (Å²) in [6.45, 7) is 9.13. The minimum absolute atomic E-state index is 0.0276. The number of hydrogen-bond donors (Lipinski definition) is 0. The normalized spacial score (nSPS) is 11.2. The SMILES string of the molecule is C=CCN(CC=C)c1ccc(-c2nc3c4cccnc4c4ncccc4c3n2-c2ccc([N+](=O)[O-])cc2)cc1. The third-order valence-electron chi connectivity index (χ3n) is 6.74. The zero-order chi connectivity index (χ0) is 26.9. The molecule has 0 aliphatic heterocycles. The van der Waals surface area contributed by atoms with Gasteiger partial charge in [-0.2, -0.15) is 0 Å². The van der Waals surface area contributed by atoms with Gasteiger partial charge in [-0.3, -0.25) is 24.6 Å². The number of anilines is 1. The summed E-state index contributed by atoms with van der Waals surface area (Å²) in [5.41, 5.74) is 5.94. The summed E-state index contributed by atoms with van der Waals surface area (Å²) in [6.07, 6.45) is 7.24. The number of fused-ring (bicyclic) bond motifs is 6. The summed E-state index contributed by atoms with van der Waals surface area (Å²) in [5, 5.41) is 13.1. The van der Waals surface area contributed by atoms with E-state index in [4.69, 9.17) is 4.98 Å². The Hall–Kier alpha value is -5.37. The molecule has 39 heavy (non-hydrogen) atoms. The van der Waals surface area contributed by atoms with Crippen LogP contribution < -0.4 is 4.90 Å². The largest absolute Gasteiger partial charge is 0.364 e. The van der Waals surface area contributed by atoms with Crippen LogP contribution in [0.4, 0.5) is 11.4 Å². The first-order valence-electron chi connectivity index (χ1n) is 12.5. The Morgan fingerprint density at radius 1 is 0.821 bits per heavy atom. The zero-order valence-electron chi connectivity index (χ0n) is 21.1. The molecule has 0 radical (unpaired) electrons. The summed E-state index contributed by atoms with van der Waals surface area (Å²) in [4.78, 5) is 27.6. The molecule has 8 nitrogen and oxygen atoms in total. The lowest BCUT2D eigenvalue weighted by atomic mass is 10.1. The number of hydrogen-bond acceptors (Lipinski definition) is 6. The van der Waals surface area contributed by atoms with Gasteiger partial charge in [0.25, 0.3) is 5.69 Å². The number of nitrogens with zero attached hydrogens (tertiary/aromatic N) is 6. The molecular weight excluding hydrogens is 488 g/mol. The fourth-order valence-electron chi connectivity index (χ4n) is 5.01. The molecule has 0 aliphatic rings. The number of pyridine rings is 2. The monoisotopic (exact) mass is 512 g/mol. The molecule has 8 heteroatoms. The predicted molar refractivity (Wildman–Crippen MR) is 156 cm³/mol. The van der Waals surface area contributed by atoms with Crippen molar-refractivity contribution in [2.24, 2.45) is 0 Å². The quantitative estimate of drug-likeness (QED) is 0.0956. The number of nitro benzene ring substituents is 1. The van der Waals surface area contributed by atoms with Crippen LogP contribution in [0.3, 0.4) is 0 Å². The third-order valence-corrected chi connectivity index (χ3v) is 6.74. The lowest BCUT2D eigenvalue weighted by molar-refractivity contribution is -0.384. The maximum Gasteiger partial charge on any atom is 0.269 e. The second kappa shape index (κ2) is 9.83. The number of rotatable bonds is 8. The van der Waals surface area contributed by atoms with Crippen LogP contribution in [0.2, 0.25) is 0 Å². The van der Waals surface area contributed by atoms with Crippen molar-refractivity contribution in [2.45, 2.75) is 0 Å². The van der Waals surface area contributed by atoms with Crippen molar-refractivity contribution in [2.75, 3.05) is 18.0 Å². The Morgan fingerprint density at radius 2 is 1.44 bits per heavy atom. The number of imidazole rings is 1. The van der Waals surface area contributed by atoms with E-state index in [0.29, 0.717) is 18.9 Å². The van der Waals surface area contributed by atoms with Gasteiger partial charge < -0.3 is 4.90 Å². The van der Waals surface area contributed by atoms with Gasteiger partial charge in [-0.05, 0) is 60.7 Å². The Bertz CT molecular complexity index is 1860. The molecule has 0 saturated heterocycles. The Balaban J connectivity index is 1.65. The topological polar surface area (TPSA) is 90.0 Å². The van der Waals surface area contributed by atoms with Crippen molar-refractivity contribution < 1.29 is 4.92 Å². The maximum atomic E-state index is 11.4. The molecule has 0 saturated carbocycles. The number of non-ortho nitro benzene ring substituents is 1. The molecule has 6 rings (SSSR count). The van der Waals surface area contributed by atoms with E-state index in [0.717, 1.165) is 49.8 Å². The van der Waals surface area contributed by atoms with E-state index in [9.17, 15) is 10.1 Å². The van der Waals surface area contributed by atoms with E-state index < -0.39 is 4.92 Å². The van der Waals surface area contributed by atoms with Crippen LogP contribution in [0.25, 0.3) is 49.9 Å². The van der Waals surface area contributed by atoms with Crippen LogP contribution in [-0.4, -0.2) is 37.5 Å². The average molecular weight is 513 g/mol. The molecule has 6 aromatic rings. The van der Waals surface area contributed by atoms with Gasteiger partial charge in [-0.25, -0.2) is 4.98 Å². The van der Waals surface area contributed by atoms with Gasteiger partial charge in [0, 0.05) is 65.3 Å². The van der Waals surface area contributed by atoms with Crippen molar-refractivity contribution in [3.05, 3.63) is 121 Å². The van der Waals surface area contributed by atoms with E-state index >= 15 is 0 Å². The minimum atomic E-state index is -0.397. The molecule has 0 unspecified atom stereocenters. The zero-order valence-corrected chi connectivity index (χ0v) is 21.1. The fourth-order valence-corrected chi connectivity index (χ4v) is 5.01. The average Bonchev–Trinajstić information content (AvgIpc) is 3.38. The van der Waals surface area contributed by atoms with Crippen LogP contribution in [-0.2, 0) is 0 Å². The molecule has 3 aromatic heterocycles. The van der Waals surface area contributed by atoms with Crippen molar-refractivity contribution in [1.29, 1.82) is 0 Å². The Morgan fingerprint density at radius 3 is 2.05 bits per heavy atom. The van der Waals surface area contributed by atoms with E-state index in [1.165, 1.54) is 12.1 Å². The Kier molecular flexibility index (Phi) is 6.05. The highest BCUT2D eigenvalue weighted by molar-refractivity contribution is 6.21. The molecule has 0 N–H and O–H groups in total. The molecule has 0 fully saturated rings. The smallest absolute Gasteiger partial charge is 0.269 e. The summed E-state index contributed by atoms with van der Waals surface area (Å²) in [7, 11) is 0. The number of benzene rings is 3. The van der Waals surface area contributed by atoms with Gasteiger partial charge in [0.2, 0.25) is 0 Å². The first-order chi connectivity index (χ1) is 19.1. The van der Waals surface area contributed by atoms with Gasteiger partial charge in [0.15, 0.2) is 0 Å². The molecule has 0 aliphatic carbocycles. The molecule has 0 spiro atoms. The maximum absolute atomic E-state index is 11.4.